The van der Waals surface area contributed by atoms with E-state index in [2.05, 4.69) is 20.2 Å². The van der Waals surface area contributed by atoms with Gasteiger partial charge in [0.15, 0.2) is 0 Å². The number of nitrogens with zero attached hydrogens (tertiary/aromatic N) is 4. The molecule has 4 rings (SSSR count). The highest BCUT2D eigenvalue weighted by Gasteiger charge is 2.37. The Morgan fingerprint density at radius 2 is 1.94 bits per heavy atom. The van der Waals surface area contributed by atoms with Gasteiger partial charge in [0.2, 0.25) is 5.91 Å². The second kappa shape index (κ2) is 9.72. The molecule has 2 saturated heterocycles. The predicted molar refractivity (Wildman–Crippen MR) is 113 cm³/mol. The Hall–Kier alpha value is -2.88. The molecule has 0 bridgehead atoms. The van der Waals surface area contributed by atoms with E-state index >= 15 is 0 Å². The fraction of sp³-hybridized carbons (Fsp3) is 0.500. The Morgan fingerprint density at radius 1 is 1.12 bits per heavy atom. The Balaban J connectivity index is 1.37. The molecule has 2 aliphatic heterocycles. The molecule has 1 N–H and O–H groups in total. The quantitative estimate of drug-likeness (QED) is 0.757. The maximum atomic E-state index is 13.4. The normalized spacial score (nSPS) is 19.7. The molecule has 2 aromatic rings. The number of amides is 1. The van der Waals surface area contributed by atoms with Crippen molar-refractivity contribution in [3.05, 3.63) is 47.8 Å². The number of ether oxygens (including phenoxy) is 1. The molecule has 0 radical (unpaired) electrons. The number of piperidine rings is 1. The predicted octanol–water partition coefficient (Wildman–Crippen LogP) is 2.86. The van der Waals surface area contributed by atoms with Crippen LogP contribution in [0.15, 0.2) is 36.7 Å². The molecule has 2 fully saturated rings. The number of hydrogen-bond donors (Lipinski definition) is 1. The number of hydrogen-bond acceptors (Lipinski definition) is 6. The van der Waals surface area contributed by atoms with E-state index in [-0.39, 0.29) is 18.3 Å². The molecule has 2 aromatic heterocycles. The van der Waals surface area contributed by atoms with Crippen LogP contribution in [0.3, 0.4) is 0 Å². The van der Waals surface area contributed by atoms with Crippen molar-refractivity contribution in [1.29, 1.82) is 0 Å². The van der Waals surface area contributed by atoms with Crippen molar-refractivity contribution in [3.8, 4) is 0 Å². The third-order valence-electron chi connectivity index (χ3n) is 5.80. The highest BCUT2D eigenvalue weighted by Crippen LogP contribution is 2.36. The van der Waals surface area contributed by atoms with Gasteiger partial charge in [-0.15, -0.1) is 0 Å². The minimum absolute atomic E-state index is 0.109. The van der Waals surface area contributed by atoms with Gasteiger partial charge in [0.1, 0.15) is 11.6 Å². The van der Waals surface area contributed by atoms with E-state index in [4.69, 9.17) is 4.74 Å². The zero-order chi connectivity index (χ0) is 22.6. The van der Waals surface area contributed by atoms with Crippen LogP contribution >= 0.6 is 0 Å². The molecule has 32 heavy (non-hydrogen) atoms. The van der Waals surface area contributed by atoms with Gasteiger partial charge in [-0.2, -0.15) is 13.2 Å². The minimum Gasteiger partial charge on any atom is -0.378 e. The van der Waals surface area contributed by atoms with Crippen LogP contribution in [0.2, 0.25) is 0 Å². The van der Waals surface area contributed by atoms with Gasteiger partial charge in [0, 0.05) is 45.1 Å². The van der Waals surface area contributed by atoms with Gasteiger partial charge in [0.05, 0.1) is 24.7 Å². The van der Waals surface area contributed by atoms with Crippen molar-refractivity contribution in [2.24, 2.45) is 5.92 Å². The highest BCUT2D eigenvalue weighted by atomic mass is 19.4. The lowest BCUT2D eigenvalue weighted by molar-refractivity contribution is -0.137. The second-order valence-electron chi connectivity index (χ2n) is 8.00. The van der Waals surface area contributed by atoms with Crippen LogP contribution in [-0.4, -0.2) is 55.3 Å². The van der Waals surface area contributed by atoms with E-state index < -0.39 is 17.7 Å². The molecule has 0 saturated carbocycles. The zero-order valence-electron chi connectivity index (χ0n) is 17.6. The maximum Gasteiger partial charge on any atom is 0.419 e. The van der Waals surface area contributed by atoms with Crippen LogP contribution in [0.4, 0.5) is 24.8 Å². The number of carbonyl (C=O) groups excluding carboxylic acids is 1. The zero-order valence-corrected chi connectivity index (χ0v) is 17.6. The first kappa shape index (κ1) is 22.3. The third-order valence-corrected chi connectivity index (χ3v) is 5.80. The summed E-state index contributed by atoms with van der Waals surface area (Å²) in [6.07, 6.45) is -0.162. The van der Waals surface area contributed by atoms with Crippen LogP contribution in [-0.2, 0) is 22.3 Å². The number of nitrogens with one attached hydrogen (secondary N) is 1. The molecule has 0 aromatic carbocycles. The smallest absolute Gasteiger partial charge is 0.378 e. The maximum absolute atomic E-state index is 13.4. The Bertz CT molecular complexity index is 934. The van der Waals surface area contributed by atoms with E-state index in [1.165, 1.54) is 12.3 Å². The average molecular weight is 449 g/mol. The standard InChI is InChI=1S/C22H26F3N5O2/c23-22(24,25)18-4-1-6-27-20(18)30-8-2-3-17(15-30)21(31)28-14-16-5-7-26-19(13-16)29-9-11-32-12-10-29/h1,4-7,13,17H,2-3,8-12,14-15H2,(H,28,31). The van der Waals surface area contributed by atoms with Gasteiger partial charge < -0.3 is 19.9 Å². The summed E-state index contributed by atoms with van der Waals surface area (Å²) in [5.74, 6) is 0.178. The summed E-state index contributed by atoms with van der Waals surface area (Å²) in [6.45, 7) is 3.85. The molecule has 4 heterocycles. The number of alkyl halides is 3. The molecular weight excluding hydrogens is 423 g/mol. The van der Waals surface area contributed by atoms with Crippen molar-refractivity contribution in [2.45, 2.75) is 25.6 Å². The summed E-state index contributed by atoms with van der Waals surface area (Å²) >= 11 is 0. The lowest BCUT2D eigenvalue weighted by Crippen LogP contribution is -2.43. The molecule has 0 spiro atoms. The Morgan fingerprint density at radius 3 is 2.72 bits per heavy atom. The highest BCUT2D eigenvalue weighted by molar-refractivity contribution is 5.79. The summed E-state index contributed by atoms with van der Waals surface area (Å²) < 4.78 is 45.5. The van der Waals surface area contributed by atoms with E-state index in [0.717, 1.165) is 30.5 Å². The third kappa shape index (κ3) is 5.29. The molecule has 1 unspecified atom stereocenters. The number of carbonyl (C=O) groups is 1. The number of anilines is 2. The summed E-state index contributed by atoms with van der Waals surface area (Å²) in [5, 5.41) is 2.94. The number of halogens is 3. The molecule has 172 valence electrons. The topological polar surface area (TPSA) is 70.6 Å². The van der Waals surface area contributed by atoms with Crippen LogP contribution in [0.1, 0.15) is 24.0 Å². The van der Waals surface area contributed by atoms with Crippen molar-refractivity contribution >= 4 is 17.5 Å². The fourth-order valence-corrected chi connectivity index (χ4v) is 4.12. The summed E-state index contributed by atoms with van der Waals surface area (Å²) in [4.78, 5) is 24.9. The van der Waals surface area contributed by atoms with Crippen molar-refractivity contribution in [1.82, 2.24) is 15.3 Å². The first-order valence-corrected chi connectivity index (χ1v) is 10.7. The van der Waals surface area contributed by atoms with E-state index in [1.807, 2.05) is 12.1 Å². The van der Waals surface area contributed by atoms with Crippen molar-refractivity contribution in [2.75, 3.05) is 49.2 Å². The lowest BCUT2D eigenvalue weighted by atomic mass is 9.96. The molecule has 7 nitrogen and oxygen atoms in total. The van der Waals surface area contributed by atoms with Crippen LogP contribution in [0.5, 0.6) is 0 Å². The first-order chi connectivity index (χ1) is 15.4. The van der Waals surface area contributed by atoms with Gasteiger partial charge in [-0.3, -0.25) is 4.79 Å². The monoisotopic (exact) mass is 449 g/mol. The Labute approximate surface area is 184 Å². The lowest BCUT2D eigenvalue weighted by Gasteiger charge is -2.34. The molecule has 1 amide bonds. The first-order valence-electron chi connectivity index (χ1n) is 10.7. The van der Waals surface area contributed by atoms with Gasteiger partial charge in [0.25, 0.3) is 0 Å². The molecule has 10 heteroatoms. The number of rotatable bonds is 5. The van der Waals surface area contributed by atoms with E-state index in [1.54, 1.807) is 11.1 Å². The second-order valence-corrected chi connectivity index (χ2v) is 8.00. The SMILES string of the molecule is O=C(NCc1ccnc(N2CCOCC2)c1)C1CCCN(c2ncccc2C(F)(F)F)C1. The number of aromatic nitrogens is 2. The number of pyridine rings is 2. The Kier molecular flexibility index (Phi) is 6.78. The molecule has 1 atom stereocenters. The summed E-state index contributed by atoms with van der Waals surface area (Å²) in [6, 6.07) is 6.10. The van der Waals surface area contributed by atoms with Crippen LogP contribution < -0.4 is 15.1 Å². The van der Waals surface area contributed by atoms with Gasteiger partial charge in [-0.05, 0) is 42.7 Å². The molecule has 2 aliphatic rings. The van der Waals surface area contributed by atoms with Gasteiger partial charge in [-0.25, -0.2) is 9.97 Å². The number of morpholine rings is 1. The largest absolute Gasteiger partial charge is 0.419 e. The van der Waals surface area contributed by atoms with Crippen LogP contribution in [0.25, 0.3) is 0 Å². The van der Waals surface area contributed by atoms with E-state index in [0.29, 0.717) is 39.1 Å². The summed E-state index contributed by atoms with van der Waals surface area (Å²) in [5.41, 5.74) is 0.153. The molecular formula is C22H26F3N5O2. The van der Waals surface area contributed by atoms with Crippen LogP contribution in [0, 0.1) is 5.92 Å². The fourth-order valence-electron chi connectivity index (χ4n) is 4.12. The van der Waals surface area contributed by atoms with Crippen molar-refractivity contribution in [3.63, 3.8) is 0 Å². The summed E-state index contributed by atoms with van der Waals surface area (Å²) in [7, 11) is 0. The van der Waals surface area contributed by atoms with Gasteiger partial charge >= 0.3 is 6.18 Å². The van der Waals surface area contributed by atoms with E-state index in [9.17, 15) is 18.0 Å². The molecule has 0 aliphatic carbocycles. The minimum atomic E-state index is -4.49. The van der Waals surface area contributed by atoms with Crippen molar-refractivity contribution < 1.29 is 22.7 Å². The average Bonchev–Trinajstić information content (AvgIpc) is 2.83. The van der Waals surface area contributed by atoms with Gasteiger partial charge in [-0.1, -0.05) is 0 Å².